The van der Waals surface area contributed by atoms with Crippen LogP contribution in [0.2, 0.25) is 0 Å². The highest BCUT2D eigenvalue weighted by Gasteiger charge is 2.19. The van der Waals surface area contributed by atoms with E-state index in [0.29, 0.717) is 17.5 Å². The monoisotopic (exact) mass is 261 g/mol. The molecule has 1 aliphatic rings. The zero-order valence-electron chi connectivity index (χ0n) is 12.0. The van der Waals surface area contributed by atoms with Crippen LogP contribution in [0.1, 0.15) is 61.5 Å². The Bertz CT molecular complexity index is 451. The Morgan fingerprint density at radius 1 is 1.32 bits per heavy atom. The molecule has 4 heteroatoms. The lowest BCUT2D eigenvalue weighted by atomic mass is 10.1. The third-order valence-corrected chi connectivity index (χ3v) is 3.65. The standard InChI is InChI=1S/C15H23N3O/c1-10(2)13-8-11(9-14(16-3)18-13)15(19)17-12-6-4-5-7-12/h8-10,12H,4-7H2,1-3H3,(H,16,18)(H,17,19). The van der Waals surface area contributed by atoms with Gasteiger partial charge < -0.3 is 10.6 Å². The van der Waals surface area contributed by atoms with Gasteiger partial charge in [0.2, 0.25) is 0 Å². The molecule has 1 amide bonds. The second-order valence-electron chi connectivity index (χ2n) is 5.53. The Balaban J connectivity index is 2.17. The molecule has 1 heterocycles. The maximum absolute atomic E-state index is 12.3. The molecule has 1 saturated carbocycles. The Morgan fingerprint density at radius 2 is 2.00 bits per heavy atom. The zero-order chi connectivity index (χ0) is 13.8. The summed E-state index contributed by atoms with van der Waals surface area (Å²) >= 11 is 0. The van der Waals surface area contributed by atoms with Gasteiger partial charge in [-0.25, -0.2) is 4.98 Å². The SMILES string of the molecule is CNc1cc(C(=O)NC2CCCC2)cc(C(C)C)n1. The summed E-state index contributed by atoms with van der Waals surface area (Å²) in [4.78, 5) is 16.8. The van der Waals surface area contributed by atoms with Crippen LogP contribution in [0.25, 0.3) is 0 Å². The van der Waals surface area contributed by atoms with E-state index in [9.17, 15) is 4.79 Å². The van der Waals surface area contributed by atoms with Crippen LogP contribution in [0.3, 0.4) is 0 Å². The fraction of sp³-hybridized carbons (Fsp3) is 0.600. The number of nitrogens with one attached hydrogen (secondary N) is 2. The third kappa shape index (κ3) is 3.46. The van der Waals surface area contributed by atoms with E-state index >= 15 is 0 Å². The summed E-state index contributed by atoms with van der Waals surface area (Å²) in [6.45, 7) is 4.17. The van der Waals surface area contributed by atoms with Crippen molar-refractivity contribution in [3.8, 4) is 0 Å². The van der Waals surface area contributed by atoms with E-state index < -0.39 is 0 Å². The van der Waals surface area contributed by atoms with Crippen LogP contribution in [0.5, 0.6) is 0 Å². The summed E-state index contributed by atoms with van der Waals surface area (Å²) in [6, 6.07) is 4.06. The molecule has 0 spiro atoms. The summed E-state index contributed by atoms with van der Waals surface area (Å²) in [5, 5.41) is 6.14. The van der Waals surface area contributed by atoms with Gasteiger partial charge in [-0.15, -0.1) is 0 Å². The van der Waals surface area contributed by atoms with E-state index in [1.807, 2.05) is 19.2 Å². The van der Waals surface area contributed by atoms with Crippen molar-refractivity contribution in [3.05, 3.63) is 23.4 Å². The predicted molar refractivity (Wildman–Crippen MR) is 77.6 cm³/mol. The number of aromatic nitrogens is 1. The Labute approximate surface area is 115 Å². The number of anilines is 1. The van der Waals surface area contributed by atoms with Gasteiger partial charge in [-0.1, -0.05) is 26.7 Å². The molecule has 0 aromatic carbocycles. The number of pyridine rings is 1. The highest BCUT2D eigenvalue weighted by Crippen LogP contribution is 2.20. The largest absolute Gasteiger partial charge is 0.373 e. The van der Waals surface area contributed by atoms with E-state index in [4.69, 9.17) is 0 Å². The molecule has 0 aliphatic heterocycles. The van der Waals surface area contributed by atoms with Gasteiger partial charge in [-0.3, -0.25) is 4.79 Å². The number of carbonyl (C=O) groups excluding carboxylic acids is 1. The van der Waals surface area contributed by atoms with E-state index in [-0.39, 0.29) is 5.91 Å². The number of hydrogen-bond donors (Lipinski definition) is 2. The smallest absolute Gasteiger partial charge is 0.251 e. The van der Waals surface area contributed by atoms with E-state index in [1.54, 1.807) is 0 Å². The Morgan fingerprint density at radius 3 is 2.58 bits per heavy atom. The van der Waals surface area contributed by atoms with Crippen LogP contribution in [-0.4, -0.2) is 24.0 Å². The Kier molecular flexibility index (Phi) is 4.40. The number of rotatable bonds is 4. The normalized spacial score (nSPS) is 15.8. The van der Waals surface area contributed by atoms with Crippen molar-refractivity contribution in [2.24, 2.45) is 0 Å². The molecule has 0 radical (unpaired) electrons. The lowest BCUT2D eigenvalue weighted by Crippen LogP contribution is -2.32. The van der Waals surface area contributed by atoms with Crippen molar-refractivity contribution in [2.75, 3.05) is 12.4 Å². The molecule has 1 aromatic heterocycles. The molecule has 2 N–H and O–H groups in total. The van der Waals surface area contributed by atoms with Crippen molar-refractivity contribution in [3.63, 3.8) is 0 Å². The minimum absolute atomic E-state index is 0.0210. The van der Waals surface area contributed by atoms with E-state index in [0.717, 1.165) is 24.4 Å². The fourth-order valence-corrected chi connectivity index (χ4v) is 2.45. The average Bonchev–Trinajstić information content (AvgIpc) is 2.90. The van der Waals surface area contributed by atoms with Gasteiger partial charge in [0.05, 0.1) is 0 Å². The molecule has 0 unspecified atom stereocenters. The molecule has 1 aromatic rings. The van der Waals surface area contributed by atoms with Gasteiger partial charge in [0, 0.05) is 24.3 Å². The van der Waals surface area contributed by atoms with Crippen LogP contribution in [-0.2, 0) is 0 Å². The minimum atomic E-state index is 0.0210. The molecular weight excluding hydrogens is 238 g/mol. The summed E-state index contributed by atoms with van der Waals surface area (Å²) in [6.07, 6.45) is 4.65. The predicted octanol–water partition coefficient (Wildman–Crippen LogP) is 2.92. The van der Waals surface area contributed by atoms with Crippen molar-refractivity contribution in [1.29, 1.82) is 0 Å². The first kappa shape index (κ1) is 13.8. The summed E-state index contributed by atoms with van der Waals surface area (Å²) < 4.78 is 0. The molecular formula is C15H23N3O. The fourth-order valence-electron chi connectivity index (χ4n) is 2.45. The average molecular weight is 261 g/mol. The van der Waals surface area contributed by atoms with Crippen LogP contribution in [0, 0.1) is 0 Å². The molecule has 0 atom stereocenters. The van der Waals surface area contributed by atoms with Crippen LogP contribution in [0.4, 0.5) is 5.82 Å². The van der Waals surface area contributed by atoms with Gasteiger partial charge in [-0.05, 0) is 30.9 Å². The molecule has 19 heavy (non-hydrogen) atoms. The first-order valence-electron chi connectivity index (χ1n) is 7.10. The van der Waals surface area contributed by atoms with E-state index in [2.05, 4.69) is 29.5 Å². The van der Waals surface area contributed by atoms with Crippen molar-refractivity contribution >= 4 is 11.7 Å². The number of amides is 1. The maximum Gasteiger partial charge on any atom is 0.251 e. The molecule has 0 saturated heterocycles. The van der Waals surface area contributed by atoms with Crippen molar-refractivity contribution < 1.29 is 4.79 Å². The van der Waals surface area contributed by atoms with Gasteiger partial charge in [0.1, 0.15) is 5.82 Å². The lowest BCUT2D eigenvalue weighted by molar-refractivity contribution is 0.0937. The quantitative estimate of drug-likeness (QED) is 0.876. The third-order valence-electron chi connectivity index (χ3n) is 3.65. The molecule has 4 nitrogen and oxygen atoms in total. The van der Waals surface area contributed by atoms with Crippen LogP contribution in [0.15, 0.2) is 12.1 Å². The molecule has 104 valence electrons. The highest BCUT2D eigenvalue weighted by atomic mass is 16.1. The lowest BCUT2D eigenvalue weighted by Gasteiger charge is -2.14. The van der Waals surface area contributed by atoms with Crippen molar-refractivity contribution in [2.45, 2.75) is 51.5 Å². The van der Waals surface area contributed by atoms with Gasteiger partial charge in [0.15, 0.2) is 0 Å². The first-order valence-corrected chi connectivity index (χ1v) is 7.10. The van der Waals surface area contributed by atoms with Crippen LogP contribution >= 0.6 is 0 Å². The summed E-state index contributed by atoms with van der Waals surface area (Å²) in [5.41, 5.74) is 1.65. The number of hydrogen-bond acceptors (Lipinski definition) is 3. The van der Waals surface area contributed by atoms with Crippen molar-refractivity contribution in [1.82, 2.24) is 10.3 Å². The summed E-state index contributed by atoms with van der Waals surface area (Å²) in [7, 11) is 1.82. The van der Waals surface area contributed by atoms with E-state index in [1.165, 1.54) is 12.8 Å². The molecule has 1 fully saturated rings. The zero-order valence-corrected chi connectivity index (χ0v) is 12.0. The van der Waals surface area contributed by atoms with Crippen LogP contribution < -0.4 is 10.6 Å². The second kappa shape index (κ2) is 6.04. The number of carbonyl (C=O) groups is 1. The first-order chi connectivity index (χ1) is 9.10. The molecule has 2 rings (SSSR count). The van der Waals surface area contributed by atoms with Gasteiger partial charge in [0.25, 0.3) is 5.91 Å². The minimum Gasteiger partial charge on any atom is -0.373 e. The summed E-state index contributed by atoms with van der Waals surface area (Å²) in [5.74, 6) is 1.09. The second-order valence-corrected chi connectivity index (χ2v) is 5.53. The van der Waals surface area contributed by atoms with Gasteiger partial charge >= 0.3 is 0 Å². The topological polar surface area (TPSA) is 54.0 Å². The molecule has 0 bridgehead atoms. The highest BCUT2D eigenvalue weighted by molar-refractivity contribution is 5.95. The molecule has 1 aliphatic carbocycles. The Hall–Kier alpha value is -1.58. The maximum atomic E-state index is 12.3. The van der Waals surface area contributed by atoms with Gasteiger partial charge in [-0.2, -0.15) is 0 Å². The number of nitrogens with zero attached hydrogens (tertiary/aromatic N) is 1.